The zero-order valence-corrected chi connectivity index (χ0v) is 14.2. The van der Waals surface area contributed by atoms with Gasteiger partial charge >= 0.3 is 6.18 Å². The summed E-state index contributed by atoms with van der Waals surface area (Å²) in [6.07, 6.45) is -3.51. The number of nitrogens with zero attached hydrogens (tertiary/aromatic N) is 5. The summed E-state index contributed by atoms with van der Waals surface area (Å²) in [4.78, 5) is 14.2. The molecule has 3 heterocycles. The molecular formula is C17H18F3N5O. The van der Waals surface area contributed by atoms with Gasteiger partial charge in [0.15, 0.2) is 5.82 Å². The predicted octanol–water partition coefficient (Wildman–Crippen LogP) is 2.36. The van der Waals surface area contributed by atoms with Crippen LogP contribution in [0.4, 0.5) is 13.2 Å². The molecule has 0 amide bonds. The molecule has 3 aromatic rings. The van der Waals surface area contributed by atoms with Gasteiger partial charge < -0.3 is 0 Å². The van der Waals surface area contributed by atoms with Crippen LogP contribution in [0.2, 0.25) is 0 Å². The van der Waals surface area contributed by atoms with Gasteiger partial charge in [-0.15, -0.1) is 10.2 Å². The minimum Gasteiger partial charge on any atom is -0.295 e. The number of piperidine rings is 1. The monoisotopic (exact) mass is 365 g/mol. The lowest BCUT2D eigenvalue weighted by Crippen LogP contribution is -2.41. The molecule has 26 heavy (non-hydrogen) atoms. The molecule has 1 aromatic carbocycles. The van der Waals surface area contributed by atoms with Crippen LogP contribution in [0.15, 0.2) is 29.1 Å². The number of alkyl halides is 3. The summed E-state index contributed by atoms with van der Waals surface area (Å²) in [6.45, 7) is 0.809. The van der Waals surface area contributed by atoms with Crippen molar-refractivity contribution in [3.8, 4) is 0 Å². The van der Waals surface area contributed by atoms with E-state index in [1.807, 2.05) is 6.07 Å². The van der Waals surface area contributed by atoms with Gasteiger partial charge in [0.1, 0.15) is 0 Å². The van der Waals surface area contributed by atoms with E-state index in [2.05, 4.69) is 10.2 Å². The molecule has 1 unspecified atom stereocenters. The maximum atomic E-state index is 13.1. The molecule has 1 fully saturated rings. The maximum Gasteiger partial charge on any atom is 0.393 e. The second-order valence-corrected chi connectivity index (χ2v) is 6.75. The number of aryl methyl sites for hydroxylation is 1. The van der Waals surface area contributed by atoms with Crippen LogP contribution in [-0.2, 0) is 13.6 Å². The van der Waals surface area contributed by atoms with Crippen molar-refractivity contribution in [2.24, 2.45) is 13.0 Å². The van der Waals surface area contributed by atoms with Gasteiger partial charge in [-0.05, 0) is 31.5 Å². The Kier molecular flexibility index (Phi) is 3.98. The first-order valence-corrected chi connectivity index (χ1v) is 8.47. The van der Waals surface area contributed by atoms with E-state index >= 15 is 0 Å². The van der Waals surface area contributed by atoms with E-state index in [-0.39, 0.29) is 25.1 Å². The Morgan fingerprint density at radius 2 is 2.00 bits per heavy atom. The molecule has 0 saturated carbocycles. The zero-order valence-electron chi connectivity index (χ0n) is 14.2. The number of hydrogen-bond acceptors (Lipinski definition) is 4. The van der Waals surface area contributed by atoms with Gasteiger partial charge in [0.2, 0.25) is 5.78 Å². The molecule has 6 nitrogen and oxygen atoms in total. The minimum absolute atomic E-state index is 0.0396. The van der Waals surface area contributed by atoms with Crippen LogP contribution >= 0.6 is 0 Å². The lowest BCUT2D eigenvalue weighted by molar-refractivity contribution is -0.187. The average molecular weight is 365 g/mol. The molecule has 0 spiro atoms. The highest BCUT2D eigenvalue weighted by Crippen LogP contribution is 2.33. The quantitative estimate of drug-likeness (QED) is 0.700. The van der Waals surface area contributed by atoms with Gasteiger partial charge in [-0.25, -0.2) is 0 Å². The smallest absolute Gasteiger partial charge is 0.295 e. The molecule has 0 N–H and O–H groups in total. The van der Waals surface area contributed by atoms with E-state index in [0.717, 1.165) is 0 Å². The fraction of sp³-hybridized carbons (Fsp3) is 0.471. The summed E-state index contributed by atoms with van der Waals surface area (Å²) in [7, 11) is 1.61. The van der Waals surface area contributed by atoms with Crippen molar-refractivity contribution in [1.29, 1.82) is 0 Å². The summed E-state index contributed by atoms with van der Waals surface area (Å²) in [5.74, 6) is -0.390. The van der Waals surface area contributed by atoms with Crippen LogP contribution in [0.3, 0.4) is 0 Å². The largest absolute Gasteiger partial charge is 0.393 e. The SMILES string of the molecule is Cn1c(=O)c2ccccc2n2c(CN3CCCC(C(F)(F)F)C3)nnc12. The third-order valence-corrected chi connectivity index (χ3v) is 5.03. The highest BCUT2D eigenvalue weighted by atomic mass is 19.4. The van der Waals surface area contributed by atoms with Crippen molar-refractivity contribution < 1.29 is 13.2 Å². The molecule has 4 rings (SSSR count). The topological polar surface area (TPSA) is 55.4 Å². The van der Waals surface area contributed by atoms with Gasteiger partial charge in [0.25, 0.3) is 5.56 Å². The summed E-state index contributed by atoms with van der Waals surface area (Å²) < 4.78 is 42.3. The van der Waals surface area contributed by atoms with E-state index in [9.17, 15) is 18.0 Å². The molecule has 0 radical (unpaired) electrons. The van der Waals surface area contributed by atoms with E-state index in [1.54, 1.807) is 34.5 Å². The standard InChI is InChI=1S/C17H18F3N5O/c1-23-15(26)12-6-2-3-7-13(12)25-14(21-22-16(23)25)10-24-8-4-5-11(9-24)17(18,19)20/h2-3,6-7,11H,4-5,8-10H2,1H3. The number of halogens is 3. The van der Waals surface area contributed by atoms with Crippen molar-refractivity contribution in [3.05, 3.63) is 40.4 Å². The second-order valence-electron chi connectivity index (χ2n) is 6.75. The summed E-state index contributed by atoms with van der Waals surface area (Å²) in [6, 6.07) is 7.11. The highest BCUT2D eigenvalue weighted by Gasteiger charge is 2.41. The van der Waals surface area contributed by atoms with Gasteiger partial charge in [0.05, 0.1) is 23.4 Å². The number of aromatic nitrogens is 4. The molecule has 138 valence electrons. The summed E-state index contributed by atoms with van der Waals surface area (Å²) >= 11 is 0. The number of hydrogen-bond donors (Lipinski definition) is 0. The number of benzene rings is 1. The second kappa shape index (κ2) is 6.08. The fourth-order valence-electron chi connectivity index (χ4n) is 3.66. The minimum atomic E-state index is -4.18. The molecule has 1 atom stereocenters. The molecule has 0 aliphatic carbocycles. The molecular weight excluding hydrogens is 347 g/mol. The number of para-hydroxylation sites is 1. The van der Waals surface area contributed by atoms with Gasteiger partial charge in [-0.3, -0.25) is 18.7 Å². The Hall–Kier alpha value is -2.42. The Morgan fingerprint density at radius 3 is 2.77 bits per heavy atom. The molecule has 1 aliphatic rings. The van der Waals surface area contributed by atoms with Crippen LogP contribution in [0.1, 0.15) is 18.7 Å². The first kappa shape index (κ1) is 17.0. The highest BCUT2D eigenvalue weighted by molar-refractivity contribution is 5.80. The number of likely N-dealkylation sites (tertiary alicyclic amines) is 1. The van der Waals surface area contributed by atoms with Crippen LogP contribution in [-0.4, -0.2) is 43.3 Å². The van der Waals surface area contributed by atoms with Crippen molar-refractivity contribution in [3.63, 3.8) is 0 Å². The van der Waals surface area contributed by atoms with E-state index in [0.29, 0.717) is 35.5 Å². The molecule has 1 saturated heterocycles. The van der Waals surface area contributed by atoms with Crippen molar-refractivity contribution in [2.75, 3.05) is 13.1 Å². The van der Waals surface area contributed by atoms with Crippen LogP contribution in [0.25, 0.3) is 16.7 Å². The zero-order chi connectivity index (χ0) is 18.5. The normalized spacial score (nSPS) is 19.5. The number of rotatable bonds is 2. The van der Waals surface area contributed by atoms with Crippen molar-refractivity contribution >= 4 is 16.7 Å². The van der Waals surface area contributed by atoms with E-state index < -0.39 is 12.1 Å². The fourth-order valence-corrected chi connectivity index (χ4v) is 3.66. The summed E-state index contributed by atoms with van der Waals surface area (Å²) in [5.41, 5.74) is 0.483. The molecule has 2 aromatic heterocycles. The van der Waals surface area contributed by atoms with Crippen molar-refractivity contribution in [2.45, 2.75) is 25.6 Å². The van der Waals surface area contributed by atoms with Crippen molar-refractivity contribution in [1.82, 2.24) is 24.1 Å². The lowest BCUT2D eigenvalue weighted by atomic mass is 9.97. The van der Waals surface area contributed by atoms with E-state index in [4.69, 9.17) is 0 Å². The molecule has 9 heteroatoms. The van der Waals surface area contributed by atoms with Gasteiger partial charge in [0, 0.05) is 13.6 Å². The first-order chi connectivity index (χ1) is 12.4. The van der Waals surface area contributed by atoms with Crippen LogP contribution in [0, 0.1) is 5.92 Å². The van der Waals surface area contributed by atoms with Crippen LogP contribution < -0.4 is 5.56 Å². The van der Waals surface area contributed by atoms with Crippen LogP contribution in [0.5, 0.6) is 0 Å². The number of fused-ring (bicyclic) bond motifs is 3. The lowest BCUT2D eigenvalue weighted by Gasteiger charge is -2.33. The Balaban J connectivity index is 1.75. The Bertz CT molecular complexity index is 1020. The average Bonchev–Trinajstić information content (AvgIpc) is 3.03. The van der Waals surface area contributed by atoms with Gasteiger partial charge in [-0.1, -0.05) is 12.1 Å². The van der Waals surface area contributed by atoms with Gasteiger partial charge in [-0.2, -0.15) is 13.2 Å². The Morgan fingerprint density at radius 1 is 1.23 bits per heavy atom. The third-order valence-electron chi connectivity index (χ3n) is 5.03. The third kappa shape index (κ3) is 2.76. The maximum absolute atomic E-state index is 13.1. The molecule has 0 bridgehead atoms. The Labute approximate surface area is 146 Å². The molecule has 1 aliphatic heterocycles. The van der Waals surface area contributed by atoms with E-state index in [1.165, 1.54) is 4.57 Å². The first-order valence-electron chi connectivity index (χ1n) is 8.47. The summed E-state index contributed by atoms with van der Waals surface area (Å²) in [5, 5.41) is 8.77. The predicted molar refractivity (Wildman–Crippen MR) is 89.8 cm³/mol.